The van der Waals surface area contributed by atoms with Gasteiger partial charge in [-0.1, -0.05) is 6.07 Å². The van der Waals surface area contributed by atoms with Gasteiger partial charge in [0, 0.05) is 17.4 Å². The van der Waals surface area contributed by atoms with E-state index < -0.39 is 10.0 Å². The minimum Gasteiger partial charge on any atom is -0.497 e. The predicted octanol–water partition coefficient (Wildman–Crippen LogP) is 4.31. The van der Waals surface area contributed by atoms with Crippen molar-refractivity contribution in [2.45, 2.75) is 4.21 Å². The maximum Gasteiger partial charge on any atom is 0.271 e. The van der Waals surface area contributed by atoms with Crippen molar-refractivity contribution in [1.29, 1.82) is 0 Å². The summed E-state index contributed by atoms with van der Waals surface area (Å²) in [6.45, 7) is 0. The second kappa shape index (κ2) is 7.67. The molecular weight excluding hydrogens is 372 g/mol. The zero-order chi connectivity index (χ0) is 18.6. The van der Waals surface area contributed by atoms with Crippen molar-refractivity contribution in [3.05, 3.63) is 60.0 Å². The molecule has 6 nitrogen and oxygen atoms in total. The first-order valence-electron chi connectivity index (χ1n) is 7.67. The Balaban J connectivity index is 1.74. The number of hydrogen-bond donors (Lipinski definition) is 2. The number of nitrogens with one attached hydrogen (secondary N) is 2. The quantitative estimate of drug-likeness (QED) is 0.629. The van der Waals surface area contributed by atoms with Gasteiger partial charge in [-0.05, 0) is 47.8 Å². The van der Waals surface area contributed by atoms with Crippen molar-refractivity contribution in [2.75, 3.05) is 24.3 Å². The third-order valence-electron chi connectivity index (χ3n) is 3.58. The summed E-state index contributed by atoms with van der Waals surface area (Å²) >= 11 is 1.17. The van der Waals surface area contributed by atoms with Crippen LogP contribution in [0, 0.1) is 0 Å². The Bertz CT molecular complexity index is 969. The van der Waals surface area contributed by atoms with E-state index in [1.807, 2.05) is 12.1 Å². The van der Waals surface area contributed by atoms with Gasteiger partial charge in [0.2, 0.25) is 0 Å². The lowest BCUT2D eigenvalue weighted by Gasteiger charge is -2.13. The van der Waals surface area contributed by atoms with Gasteiger partial charge in [0.25, 0.3) is 10.0 Å². The first kappa shape index (κ1) is 18.1. The molecule has 1 aromatic heterocycles. The molecule has 2 N–H and O–H groups in total. The molecule has 0 saturated heterocycles. The van der Waals surface area contributed by atoms with Crippen molar-refractivity contribution in [3.8, 4) is 11.5 Å². The fraction of sp³-hybridized carbons (Fsp3) is 0.111. The standard InChI is InChI=1S/C18H18N2O4S2/c1-23-15-9-10-16(17(12-15)24-2)19-13-5-7-14(8-6-13)20-26(21,22)18-4-3-11-25-18/h3-12,19-20H,1-2H3. The van der Waals surface area contributed by atoms with Crippen LogP contribution in [0.2, 0.25) is 0 Å². The third-order valence-corrected chi connectivity index (χ3v) is 6.36. The molecule has 0 bridgehead atoms. The van der Waals surface area contributed by atoms with Crippen LogP contribution in [0.4, 0.5) is 17.1 Å². The predicted molar refractivity (Wildman–Crippen MR) is 104 cm³/mol. The van der Waals surface area contributed by atoms with Crippen LogP contribution in [-0.2, 0) is 10.0 Å². The number of ether oxygens (including phenoxy) is 2. The van der Waals surface area contributed by atoms with Crippen LogP contribution in [0.5, 0.6) is 11.5 Å². The minimum atomic E-state index is -3.55. The first-order valence-corrected chi connectivity index (χ1v) is 10.0. The summed E-state index contributed by atoms with van der Waals surface area (Å²) in [5.41, 5.74) is 2.07. The highest BCUT2D eigenvalue weighted by Gasteiger charge is 2.15. The number of hydrogen-bond acceptors (Lipinski definition) is 6. The fourth-order valence-electron chi connectivity index (χ4n) is 2.30. The molecule has 0 saturated carbocycles. The number of benzene rings is 2. The van der Waals surface area contributed by atoms with Gasteiger partial charge < -0.3 is 14.8 Å². The summed E-state index contributed by atoms with van der Waals surface area (Å²) in [5, 5.41) is 4.96. The van der Waals surface area contributed by atoms with Crippen molar-refractivity contribution >= 4 is 38.4 Å². The number of anilines is 3. The van der Waals surface area contributed by atoms with Gasteiger partial charge in [0.15, 0.2) is 0 Å². The van der Waals surface area contributed by atoms with Crippen LogP contribution in [0.25, 0.3) is 0 Å². The second-order valence-electron chi connectivity index (χ2n) is 5.31. The van der Waals surface area contributed by atoms with E-state index >= 15 is 0 Å². The van der Waals surface area contributed by atoms with Gasteiger partial charge in [-0.3, -0.25) is 4.72 Å². The molecule has 0 aliphatic carbocycles. The lowest BCUT2D eigenvalue weighted by molar-refractivity contribution is 0.395. The highest BCUT2D eigenvalue weighted by Crippen LogP contribution is 2.32. The highest BCUT2D eigenvalue weighted by molar-refractivity contribution is 7.94. The largest absolute Gasteiger partial charge is 0.497 e. The summed E-state index contributed by atoms with van der Waals surface area (Å²) in [4.78, 5) is 0. The molecule has 8 heteroatoms. The zero-order valence-corrected chi connectivity index (χ0v) is 15.9. The molecule has 1 heterocycles. The number of methoxy groups -OCH3 is 2. The number of sulfonamides is 1. The SMILES string of the molecule is COc1ccc(Nc2ccc(NS(=O)(=O)c3cccs3)cc2)c(OC)c1. The average Bonchev–Trinajstić information content (AvgIpc) is 3.19. The zero-order valence-electron chi connectivity index (χ0n) is 14.2. The summed E-state index contributed by atoms with van der Waals surface area (Å²) < 4.78 is 37.9. The van der Waals surface area contributed by atoms with E-state index in [4.69, 9.17) is 9.47 Å². The molecule has 26 heavy (non-hydrogen) atoms. The lowest BCUT2D eigenvalue weighted by atomic mass is 10.2. The molecule has 0 aliphatic heterocycles. The van der Waals surface area contributed by atoms with E-state index in [2.05, 4.69) is 10.0 Å². The lowest BCUT2D eigenvalue weighted by Crippen LogP contribution is -2.11. The summed E-state index contributed by atoms with van der Waals surface area (Å²) in [7, 11) is -0.365. The molecule has 0 spiro atoms. The molecule has 0 amide bonds. The van der Waals surface area contributed by atoms with Gasteiger partial charge in [0.1, 0.15) is 15.7 Å². The van der Waals surface area contributed by atoms with Crippen LogP contribution in [0.3, 0.4) is 0 Å². The van der Waals surface area contributed by atoms with Crippen LogP contribution >= 0.6 is 11.3 Å². The van der Waals surface area contributed by atoms with Crippen molar-refractivity contribution in [2.24, 2.45) is 0 Å². The Morgan fingerprint density at radius 2 is 1.65 bits per heavy atom. The van der Waals surface area contributed by atoms with Gasteiger partial charge in [0.05, 0.1) is 19.9 Å². The molecule has 0 unspecified atom stereocenters. The van der Waals surface area contributed by atoms with Crippen LogP contribution in [0.1, 0.15) is 0 Å². The van der Waals surface area contributed by atoms with Crippen molar-refractivity contribution in [1.82, 2.24) is 0 Å². The van der Waals surface area contributed by atoms with E-state index in [1.165, 1.54) is 11.3 Å². The summed E-state index contributed by atoms with van der Waals surface area (Å²) in [6.07, 6.45) is 0. The normalized spacial score (nSPS) is 11.0. The topological polar surface area (TPSA) is 76.7 Å². The maximum atomic E-state index is 12.2. The summed E-state index contributed by atoms with van der Waals surface area (Å²) in [6, 6.07) is 15.7. The second-order valence-corrected chi connectivity index (χ2v) is 8.16. The molecule has 3 rings (SSSR count). The highest BCUT2D eigenvalue weighted by atomic mass is 32.2. The Labute approximate surface area is 156 Å². The van der Waals surface area contributed by atoms with Crippen LogP contribution in [-0.4, -0.2) is 22.6 Å². The number of thiophene rings is 1. The van der Waals surface area contributed by atoms with E-state index in [-0.39, 0.29) is 4.21 Å². The van der Waals surface area contributed by atoms with Gasteiger partial charge >= 0.3 is 0 Å². The van der Waals surface area contributed by atoms with E-state index in [9.17, 15) is 8.42 Å². The number of rotatable bonds is 7. The Morgan fingerprint density at radius 3 is 2.27 bits per heavy atom. The van der Waals surface area contributed by atoms with E-state index in [0.717, 1.165) is 11.4 Å². The molecule has 0 fully saturated rings. The molecule has 2 aromatic carbocycles. The Morgan fingerprint density at radius 1 is 0.923 bits per heavy atom. The molecule has 136 valence electrons. The van der Waals surface area contributed by atoms with E-state index in [1.54, 1.807) is 62.1 Å². The van der Waals surface area contributed by atoms with Crippen molar-refractivity contribution < 1.29 is 17.9 Å². The first-order chi connectivity index (χ1) is 12.5. The molecule has 0 radical (unpaired) electrons. The van der Waals surface area contributed by atoms with Gasteiger partial charge in [-0.25, -0.2) is 8.42 Å². The summed E-state index contributed by atoms with van der Waals surface area (Å²) in [5.74, 6) is 1.34. The molecule has 0 atom stereocenters. The monoisotopic (exact) mass is 390 g/mol. The molecule has 3 aromatic rings. The van der Waals surface area contributed by atoms with Gasteiger partial charge in [-0.2, -0.15) is 0 Å². The minimum absolute atomic E-state index is 0.280. The molecule has 0 aliphatic rings. The maximum absolute atomic E-state index is 12.2. The van der Waals surface area contributed by atoms with Crippen molar-refractivity contribution in [3.63, 3.8) is 0 Å². The molecular formula is C18H18N2O4S2. The average molecular weight is 390 g/mol. The fourth-order valence-corrected chi connectivity index (χ4v) is 4.35. The third kappa shape index (κ3) is 4.09. The van der Waals surface area contributed by atoms with Crippen LogP contribution < -0.4 is 19.5 Å². The smallest absolute Gasteiger partial charge is 0.271 e. The van der Waals surface area contributed by atoms with Gasteiger partial charge in [-0.15, -0.1) is 11.3 Å². The van der Waals surface area contributed by atoms with E-state index in [0.29, 0.717) is 17.2 Å². The van der Waals surface area contributed by atoms with Crippen LogP contribution in [0.15, 0.2) is 64.2 Å². The Hall–Kier alpha value is -2.71. The Kier molecular flexibility index (Phi) is 5.34.